The predicted molar refractivity (Wildman–Crippen MR) is 74.2 cm³/mol. The zero-order chi connectivity index (χ0) is 14.3. The molecule has 1 aliphatic rings. The second-order valence-electron chi connectivity index (χ2n) is 4.63. The molecule has 20 heavy (non-hydrogen) atoms. The van der Waals surface area contributed by atoms with Crippen molar-refractivity contribution >= 4 is 26.5 Å². The normalized spacial score (nSPS) is 14.5. The number of thiazole rings is 1. The van der Waals surface area contributed by atoms with Gasteiger partial charge in [0.05, 0.1) is 18.0 Å². The SMILES string of the molecule is Cc1[nH]nc(CO)c1S(=O)(=O)Nc1nc2c(s1)CCC2. The number of aromatic amines is 1. The van der Waals surface area contributed by atoms with Crippen molar-refractivity contribution < 1.29 is 13.5 Å². The van der Waals surface area contributed by atoms with Crippen molar-refractivity contribution in [2.75, 3.05) is 4.72 Å². The number of aryl methyl sites for hydroxylation is 3. The van der Waals surface area contributed by atoms with E-state index < -0.39 is 16.6 Å². The maximum Gasteiger partial charge on any atom is 0.267 e. The fraction of sp³-hybridized carbons (Fsp3) is 0.455. The molecule has 0 radical (unpaired) electrons. The number of rotatable bonds is 4. The van der Waals surface area contributed by atoms with Gasteiger partial charge in [-0.1, -0.05) is 0 Å². The highest BCUT2D eigenvalue weighted by Gasteiger charge is 2.26. The molecule has 2 aromatic rings. The average molecular weight is 314 g/mol. The maximum absolute atomic E-state index is 12.4. The van der Waals surface area contributed by atoms with E-state index in [4.69, 9.17) is 5.11 Å². The number of nitrogens with one attached hydrogen (secondary N) is 2. The summed E-state index contributed by atoms with van der Waals surface area (Å²) < 4.78 is 27.2. The Labute approximate surface area is 120 Å². The van der Waals surface area contributed by atoms with Crippen molar-refractivity contribution in [1.29, 1.82) is 0 Å². The van der Waals surface area contributed by atoms with E-state index in [1.807, 2.05) is 0 Å². The van der Waals surface area contributed by atoms with Crippen molar-refractivity contribution in [2.45, 2.75) is 37.7 Å². The first kappa shape index (κ1) is 13.5. The minimum atomic E-state index is -3.79. The van der Waals surface area contributed by atoms with Gasteiger partial charge < -0.3 is 5.11 Å². The number of hydrogen-bond donors (Lipinski definition) is 3. The quantitative estimate of drug-likeness (QED) is 0.779. The molecule has 0 spiro atoms. The van der Waals surface area contributed by atoms with Crippen LogP contribution in [-0.2, 0) is 29.5 Å². The van der Waals surface area contributed by atoms with E-state index in [-0.39, 0.29) is 10.6 Å². The molecule has 0 aliphatic heterocycles. The van der Waals surface area contributed by atoms with Crippen LogP contribution in [-0.4, -0.2) is 28.7 Å². The van der Waals surface area contributed by atoms with Crippen molar-refractivity contribution in [3.05, 3.63) is 22.0 Å². The molecule has 9 heteroatoms. The summed E-state index contributed by atoms with van der Waals surface area (Å²) in [7, 11) is -3.79. The molecule has 0 unspecified atom stereocenters. The largest absolute Gasteiger partial charge is 0.390 e. The third-order valence-electron chi connectivity index (χ3n) is 3.20. The van der Waals surface area contributed by atoms with Gasteiger partial charge in [0.1, 0.15) is 10.6 Å². The van der Waals surface area contributed by atoms with Gasteiger partial charge in [0.15, 0.2) is 5.13 Å². The van der Waals surface area contributed by atoms with Gasteiger partial charge in [-0.25, -0.2) is 13.4 Å². The van der Waals surface area contributed by atoms with Crippen LogP contribution in [0.4, 0.5) is 5.13 Å². The van der Waals surface area contributed by atoms with Crippen molar-refractivity contribution in [1.82, 2.24) is 15.2 Å². The smallest absolute Gasteiger partial charge is 0.267 e. The number of fused-ring (bicyclic) bond motifs is 1. The summed E-state index contributed by atoms with van der Waals surface area (Å²) in [5, 5.41) is 15.9. The Morgan fingerprint density at radius 3 is 2.95 bits per heavy atom. The zero-order valence-corrected chi connectivity index (χ0v) is 12.4. The molecule has 0 amide bonds. The van der Waals surface area contributed by atoms with E-state index in [0.29, 0.717) is 10.8 Å². The van der Waals surface area contributed by atoms with E-state index in [2.05, 4.69) is 19.9 Å². The van der Waals surface area contributed by atoms with Gasteiger partial charge in [-0.05, 0) is 26.2 Å². The zero-order valence-electron chi connectivity index (χ0n) is 10.8. The predicted octanol–water partition coefficient (Wildman–Crippen LogP) is 0.956. The highest BCUT2D eigenvalue weighted by atomic mass is 32.2. The molecular formula is C11H14N4O3S2. The third kappa shape index (κ3) is 2.21. The minimum Gasteiger partial charge on any atom is -0.390 e. The van der Waals surface area contributed by atoms with Gasteiger partial charge in [-0.2, -0.15) is 5.10 Å². The molecule has 0 bridgehead atoms. The molecule has 0 atom stereocenters. The van der Waals surface area contributed by atoms with Crippen molar-refractivity contribution in [3.8, 4) is 0 Å². The van der Waals surface area contributed by atoms with Gasteiger partial charge in [0.2, 0.25) is 0 Å². The Hall–Kier alpha value is -1.45. The first-order valence-electron chi connectivity index (χ1n) is 6.17. The number of anilines is 1. The highest BCUT2D eigenvalue weighted by Crippen LogP contribution is 2.32. The van der Waals surface area contributed by atoms with Gasteiger partial charge in [0, 0.05) is 4.88 Å². The van der Waals surface area contributed by atoms with Crippen LogP contribution < -0.4 is 4.72 Å². The maximum atomic E-state index is 12.4. The molecule has 3 rings (SSSR count). The molecule has 7 nitrogen and oxygen atoms in total. The fourth-order valence-corrected chi connectivity index (χ4v) is 4.98. The van der Waals surface area contributed by atoms with Gasteiger partial charge >= 0.3 is 0 Å². The number of H-pyrrole nitrogens is 1. The molecule has 0 saturated carbocycles. The third-order valence-corrected chi connectivity index (χ3v) is 5.94. The summed E-state index contributed by atoms with van der Waals surface area (Å²) in [4.78, 5) is 5.45. The summed E-state index contributed by atoms with van der Waals surface area (Å²) in [6.07, 6.45) is 2.94. The van der Waals surface area contributed by atoms with Gasteiger partial charge in [-0.15, -0.1) is 11.3 Å². The van der Waals surface area contributed by atoms with Gasteiger partial charge in [0.25, 0.3) is 10.0 Å². The Bertz CT molecular complexity index is 726. The molecular weight excluding hydrogens is 300 g/mol. The monoisotopic (exact) mass is 314 g/mol. The second kappa shape index (κ2) is 4.83. The summed E-state index contributed by atoms with van der Waals surface area (Å²) in [5.74, 6) is 0. The van der Waals surface area contributed by atoms with Crippen LogP contribution >= 0.6 is 11.3 Å². The number of hydrogen-bond acceptors (Lipinski definition) is 6. The van der Waals surface area contributed by atoms with Crippen LogP contribution in [0.3, 0.4) is 0 Å². The van der Waals surface area contributed by atoms with E-state index in [0.717, 1.165) is 29.8 Å². The number of sulfonamides is 1. The lowest BCUT2D eigenvalue weighted by Crippen LogP contribution is -2.15. The summed E-state index contributed by atoms with van der Waals surface area (Å²) >= 11 is 1.37. The average Bonchev–Trinajstić information content (AvgIpc) is 3.02. The molecule has 0 saturated heterocycles. The molecule has 1 aliphatic carbocycles. The van der Waals surface area contributed by atoms with Crippen molar-refractivity contribution in [3.63, 3.8) is 0 Å². The lowest BCUT2D eigenvalue weighted by atomic mass is 10.4. The first-order valence-corrected chi connectivity index (χ1v) is 8.47. The number of aliphatic hydroxyl groups is 1. The van der Waals surface area contributed by atoms with Crippen LogP contribution in [0, 0.1) is 6.92 Å². The van der Waals surface area contributed by atoms with Gasteiger partial charge in [-0.3, -0.25) is 9.82 Å². The van der Waals surface area contributed by atoms with E-state index in [9.17, 15) is 8.42 Å². The van der Waals surface area contributed by atoms with Crippen molar-refractivity contribution in [2.24, 2.45) is 0 Å². The molecule has 2 heterocycles. The van der Waals surface area contributed by atoms with Crippen LogP contribution in [0.25, 0.3) is 0 Å². The molecule has 3 N–H and O–H groups in total. The lowest BCUT2D eigenvalue weighted by Gasteiger charge is -2.05. The highest BCUT2D eigenvalue weighted by molar-refractivity contribution is 7.93. The Balaban J connectivity index is 1.93. The Morgan fingerprint density at radius 1 is 1.45 bits per heavy atom. The van der Waals surface area contributed by atoms with Crippen LogP contribution in [0.15, 0.2) is 4.90 Å². The number of nitrogens with zero attached hydrogens (tertiary/aromatic N) is 2. The van der Waals surface area contributed by atoms with E-state index >= 15 is 0 Å². The topological polar surface area (TPSA) is 108 Å². The molecule has 2 aromatic heterocycles. The molecule has 0 fully saturated rings. The Morgan fingerprint density at radius 2 is 2.25 bits per heavy atom. The lowest BCUT2D eigenvalue weighted by molar-refractivity contribution is 0.273. The fourth-order valence-electron chi connectivity index (χ4n) is 2.33. The summed E-state index contributed by atoms with van der Waals surface area (Å²) in [5.41, 5.74) is 1.49. The molecule has 0 aromatic carbocycles. The van der Waals surface area contributed by atoms with Crippen LogP contribution in [0.2, 0.25) is 0 Å². The number of aromatic nitrogens is 3. The van der Waals surface area contributed by atoms with E-state index in [1.54, 1.807) is 6.92 Å². The molecule has 108 valence electrons. The van der Waals surface area contributed by atoms with Crippen LogP contribution in [0.1, 0.15) is 28.4 Å². The minimum absolute atomic E-state index is 0.00430. The second-order valence-corrected chi connectivity index (χ2v) is 7.33. The standard InChI is InChI=1S/C11H14N4O3S2/c1-6-10(8(5-16)14-13-6)20(17,18)15-11-12-7-3-2-4-9(7)19-11/h16H,2-5H2,1H3,(H,12,15)(H,13,14). The van der Waals surface area contributed by atoms with Crippen LogP contribution in [0.5, 0.6) is 0 Å². The first-order chi connectivity index (χ1) is 9.51. The van der Waals surface area contributed by atoms with E-state index in [1.165, 1.54) is 11.3 Å². The summed E-state index contributed by atoms with van der Waals surface area (Å²) in [6.45, 7) is 1.16. The Kier molecular flexibility index (Phi) is 3.27. The number of aliphatic hydroxyl groups excluding tert-OH is 1. The summed E-state index contributed by atoms with van der Waals surface area (Å²) in [6, 6.07) is 0.